The molecule has 0 saturated carbocycles. The normalized spacial score (nSPS) is 18.6. The number of aromatic hydroxyl groups is 2. The van der Waals surface area contributed by atoms with Crippen molar-refractivity contribution in [3.8, 4) is 11.5 Å². The van der Waals surface area contributed by atoms with Crippen LogP contribution in [0.5, 0.6) is 11.5 Å². The second-order valence-corrected chi connectivity index (χ2v) is 6.97. The van der Waals surface area contributed by atoms with E-state index < -0.39 is 11.6 Å². The average molecular weight is 369 g/mol. The smallest absolute Gasteiger partial charge is 0.198 e. The van der Waals surface area contributed by atoms with Gasteiger partial charge >= 0.3 is 0 Å². The number of nitrogens with two attached hydrogens (primary N) is 1. The quantitative estimate of drug-likeness (QED) is 0.487. The predicted molar refractivity (Wildman–Crippen MR) is 100 cm³/mol. The lowest BCUT2D eigenvalue weighted by atomic mass is 9.74. The van der Waals surface area contributed by atoms with Crippen LogP contribution in [0.1, 0.15) is 56.3 Å². The van der Waals surface area contributed by atoms with Crippen molar-refractivity contribution in [1.82, 2.24) is 0 Å². The Hall–Kier alpha value is -2.70. The maximum absolute atomic E-state index is 12.9. The molecule has 6 heteroatoms. The highest BCUT2D eigenvalue weighted by Gasteiger charge is 2.39. The Morgan fingerprint density at radius 1 is 0.963 bits per heavy atom. The van der Waals surface area contributed by atoms with E-state index in [1.165, 1.54) is 0 Å². The minimum atomic E-state index is -0.427. The summed E-state index contributed by atoms with van der Waals surface area (Å²) in [5.41, 5.74) is 7.48. The van der Waals surface area contributed by atoms with Crippen molar-refractivity contribution >= 4 is 11.6 Å². The van der Waals surface area contributed by atoms with E-state index in [2.05, 4.69) is 0 Å². The van der Waals surface area contributed by atoms with Crippen molar-refractivity contribution < 1.29 is 24.9 Å². The number of fused-ring (bicyclic) bond motifs is 3. The van der Waals surface area contributed by atoms with E-state index in [1.807, 2.05) is 6.92 Å². The summed E-state index contributed by atoms with van der Waals surface area (Å²) in [4.78, 5) is 25.7. The molecular formula is C21H23NO5. The third-order valence-corrected chi connectivity index (χ3v) is 5.51. The number of phenolic OH excluding ortho intramolecular Hbond substituents is 2. The predicted octanol–water partition coefficient (Wildman–Crippen LogP) is 1.93. The van der Waals surface area contributed by atoms with E-state index in [-0.39, 0.29) is 45.7 Å². The maximum Gasteiger partial charge on any atom is 0.198 e. The summed E-state index contributed by atoms with van der Waals surface area (Å²) in [5.74, 6) is -1.03. The summed E-state index contributed by atoms with van der Waals surface area (Å²) < 4.78 is 0. The Balaban J connectivity index is 0.00000102. The topological polar surface area (TPSA) is 121 Å². The van der Waals surface area contributed by atoms with Gasteiger partial charge in [0.2, 0.25) is 0 Å². The lowest BCUT2D eigenvalue weighted by molar-refractivity contribution is 0.0973. The van der Waals surface area contributed by atoms with Crippen molar-refractivity contribution in [1.29, 1.82) is 0 Å². The van der Waals surface area contributed by atoms with E-state index in [4.69, 9.17) is 10.8 Å². The first-order valence-electron chi connectivity index (χ1n) is 8.90. The monoisotopic (exact) mass is 369 g/mol. The Bertz CT molecular complexity index is 933. The van der Waals surface area contributed by atoms with E-state index in [0.717, 1.165) is 13.5 Å². The van der Waals surface area contributed by atoms with E-state index in [9.17, 15) is 19.8 Å². The first kappa shape index (κ1) is 19.1. The van der Waals surface area contributed by atoms with Gasteiger partial charge < -0.3 is 21.1 Å². The fourth-order valence-electron chi connectivity index (χ4n) is 4.05. The Morgan fingerprint density at radius 3 is 1.93 bits per heavy atom. The largest absolute Gasteiger partial charge is 0.507 e. The van der Waals surface area contributed by atoms with Crippen LogP contribution in [0.3, 0.4) is 0 Å². The number of aliphatic hydroxyl groups excluding tert-OH is 1. The zero-order valence-electron chi connectivity index (χ0n) is 15.3. The fraction of sp³-hybridized carbons (Fsp3) is 0.333. The van der Waals surface area contributed by atoms with Crippen LogP contribution >= 0.6 is 0 Å². The number of phenols is 2. The molecular weight excluding hydrogens is 346 g/mol. The Morgan fingerprint density at radius 2 is 1.44 bits per heavy atom. The van der Waals surface area contributed by atoms with Gasteiger partial charge in [0, 0.05) is 35.4 Å². The molecule has 0 aromatic heterocycles. The Labute approximate surface area is 157 Å². The van der Waals surface area contributed by atoms with Gasteiger partial charge in [-0.3, -0.25) is 9.59 Å². The van der Waals surface area contributed by atoms with Crippen molar-refractivity contribution in [3.63, 3.8) is 0 Å². The van der Waals surface area contributed by atoms with Crippen LogP contribution in [0.2, 0.25) is 0 Å². The molecule has 27 heavy (non-hydrogen) atoms. The van der Waals surface area contributed by atoms with Gasteiger partial charge in [0.25, 0.3) is 0 Å². The molecule has 2 atom stereocenters. The Kier molecular flexibility index (Phi) is 5.04. The molecule has 0 amide bonds. The average Bonchev–Trinajstić information content (AvgIpc) is 2.70. The highest BCUT2D eigenvalue weighted by molar-refractivity contribution is 6.30. The molecule has 2 aliphatic carbocycles. The molecule has 0 fully saturated rings. The summed E-state index contributed by atoms with van der Waals surface area (Å²) in [7, 11) is 1.00. The summed E-state index contributed by atoms with van der Waals surface area (Å²) in [6, 6.07) is 6.44. The van der Waals surface area contributed by atoms with Crippen LogP contribution in [-0.2, 0) is 12.8 Å². The SMILES string of the molecule is CC(N)C1CCc2c(O)c3c(c(O)c2C1)C(=O)c1ccccc1C3=O.CO. The number of aliphatic hydroxyl groups is 1. The molecule has 2 aromatic carbocycles. The molecule has 0 saturated heterocycles. The molecule has 6 nitrogen and oxygen atoms in total. The second kappa shape index (κ2) is 7.13. The van der Waals surface area contributed by atoms with Gasteiger partial charge in [-0.15, -0.1) is 0 Å². The van der Waals surface area contributed by atoms with Gasteiger partial charge in [-0.2, -0.15) is 0 Å². The molecule has 0 aliphatic heterocycles. The zero-order chi connectivity index (χ0) is 19.9. The van der Waals surface area contributed by atoms with Gasteiger partial charge in [-0.25, -0.2) is 0 Å². The van der Waals surface area contributed by atoms with Crippen molar-refractivity contribution in [2.24, 2.45) is 11.7 Å². The number of hydrogen-bond acceptors (Lipinski definition) is 6. The summed E-state index contributed by atoms with van der Waals surface area (Å²) >= 11 is 0. The third-order valence-electron chi connectivity index (χ3n) is 5.51. The van der Waals surface area contributed by atoms with Gasteiger partial charge in [-0.05, 0) is 32.1 Å². The van der Waals surface area contributed by atoms with Gasteiger partial charge in [0.05, 0.1) is 11.1 Å². The molecule has 0 radical (unpaired) electrons. The van der Waals surface area contributed by atoms with Gasteiger partial charge in [-0.1, -0.05) is 24.3 Å². The minimum Gasteiger partial charge on any atom is -0.507 e. The zero-order valence-corrected chi connectivity index (χ0v) is 15.3. The highest BCUT2D eigenvalue weighted by atomic mass is 16.3. The summed E-state index contributed by atoms with van der Waals surface area (Å²) in [6.07, 6.45) is 1.79. The number of ketones is 2. The molecule has 0 spiro atoms. The number of carbonyl (C=O) groups is 2. The van der Waals surface area contributed by atoms with Crippen LogP contribution < -0.4 is 5.73 Å². The molecule has 2 unspecified atom stereocenters. The third kappa shape index (κ3) is 2.81. The van der Waals surface area contributed by atoms with E-state index >= 15 is 0 Å². The van der Waals surface area contributed by atoms with Gasteiger partial charge in [0.15, 0.2) is 11.6 Å². The first-order chi connectivity index (χ1) is 12.9. The number of carbonyl (C=O) groups excluding carboxylic acids is 2. The van der Waals surface area contributed by atoms with Crippen molar-refractivity contribution in [3.05, 3.63) is 57.6 Å². The molecule has 142 valence electrons. The van der Waals surface area contributed by atoms with E-state index in [0.29, 0.717) is 24.0 Å². The number of rotatable bonds is 1. The first-order valence-corrected chi connectivity index (χ1v) is 8.90. The standard InChI is InChI=1S/C20H19NO4.CH4O/c1-9(21)10-6-7-13-14(8-10)20(25)16-15(19(13)24)17(22)11-4-2-3-5-12(11)18(16)23;1-2/h2-5,9-10,24-25H,6-8,21H2,1H3;2H,1H3. The van der Waals surface area contributed by atoms with Crippen LogP contribution in [0.4, 0.5) is 0 Å². The van der Waals surface area contributed by atoms with Crippen molar-refractivity contribution in [2.45, 2.75) is 32.2 Å². The lowest BCUT2D eigenvalue weighted by Crippen LogP contribution is -2.32. The van der Waals surface area contributed by atoms with E-state index in [1.54, 1.807) is 24.3 Å². The highest BCUT2D eigenvalue weighted by Crippen LogP contribution is 2.46. The molecule has 4 rings (SSSR count). The molecule has 5 N–H and O–H groups in total. The summed E-state index contributed by atoms with van der Waals surface area (Å²) in [6.45, 7) is 1.91. The van der Waals surface area contributed by atoms with Crippen molar-refractivity contribution in [2.75, 3.05) is 7.11 Å². The number of benzene rings is 2. The van der Waals surface area contributed by atoms with Crippen LogP contribution in [0, 0.1) is 5.92 Å². The lowest BCUT2D eigenvalue weighted by Gasteiger charge is -2.31. The molecule has 2 aromatic rings. The molecule has 2 aliphatic rings. The van der Waals surface area contributed by atoms with Gasteiger partial charge in [0.1, 0.15) is 11.5 Å². The molecule has 0 bridgehead atoms. The summed E-state index contributed by atoms with van der Waals surface area (Å²) in [5, 5.41) is 28.5. The van der Waals surface area contributed by atoms with Crippen LogP contribution in [-0.4, -0.2) is 40.0 Å². The number of hydrogen-bond donors (Lipinski definition) is 4. The fourth-order valence-corrected chi connectivity index (χ4v) is 4.05. The van der Waals surface area contributed by atoms with Crippen LogP contribution in [0.15, 0.2) is 24.3 Å². The maximum atomic E-state index is 12.9. The minimum absolute atomic E-state index is 0.0521. The second-order valence-electron chi connectivity index (χ2n) is 6.97. The molecule has 0 heterocycles. The van der Waals surface area contributed by atoms with Crippen LogP contribution in [0.25, 0.3) is 0 Å².